The number of rotatable bonds is 4. The summed E-state index contributed by atoms with van der Waals surface area (Å²) in [6.07, 6.45) is 0.352. The number of hydrogen-bond acceptors (Lipinski definition) is 3. The predicted molar refractivity (Wildman–Crippen MR) is 115 cm³/mol. The van der Waals surface area contributed by atoms with Crippen LogP contribution in [-0.2, 0) is 10.0 Å². The average Bonchev–Trinajstić information content (AvgIpc) is 3.15. The van der Waals surface area contributed by atoms with Crippen molar-refractivity contribution in [3.05, 3.63) is 99.8 Å². The first-order chi connectivity index (χ1) is 13.8. The van der Waals surface area contributed by atoms with Crippen LogP contribution in [0.5, 0.6) is 0 Å². The molecule has 1 aliphatic rings. The van der Waals surface area contributed by atoms with E-state index in [4.69, 9.17) is 0 Å². The summed E-state index contributed by atoms with van der Waals surface area (Å²) in [6, 6.07) is 19.6. The standard InChI is InChI=1S/C22H18BrFN2O2S/c1-15-8-10-20(11-9-15)29(27,28)26-22(17-5-3-7-19(24)13-17)14-21(25-26)16-4-2-6-18(23)12-16/h2-13,22H,14H2,1H3/t22-/m0/s1. The van der Waals surface area contributed by atoms with Crippen molar-refractivity contribution in [3.63, 3.8) is 0 Å². The predicted octanol–water partition coefficient (Wildman–Crippen LogP) is 5.44. The fraction of sp³-hybridized carbons (Fsp3) is 0.136. The Morgan fingerprint density at radius 2 is 1.76 bits per heavy atom. The lowest BCUT2D eigenvalue weighted by molar-refractivity contribution is 0.370. The van der Waals surface area contributed by atoms with Crippen LogP contribution in [0.4, 0.5) is 4.39 Å². The average molecular weight is 473 g/mol. The zero-order valence-electron chi connectivity index (χ0n) is 15.6. The van der Waals surface area contributed by atoms with Crippen LogP contribution in [-0.4, -0.2) is 18.5 Å². The highest BCUT2D eigenvalue weighted by molar-refractivity contribution is 9.10. The van der Waals surface area contributed by atoms with Gasteiger partial charge in [-0.25, -0.2) is 4.39 Å². The summed E-state index contributed by atoms with van der Waals surface area (Å²) in [6.45, 7) is 1.89. The molecule has 1 heterocycles. The molecule has 0 saturated heterocycles. The number of nitrogens with zero attached hydrogens (tertiary/aromatic N) is 2. The third kappa shape index (κ3) is 3.97. The smallest absolute Gasteiger partial charge is 0.207 e. The van der Waals surface area contributed by atoms with Crippen LogP contribution < -0.4 is 0 Å². The number of sulfonamides is 1. The molecule has 0 radical (unpaired) electrons. The molecule has 0 amide bonds. The van der Waals surface area contributed by atoms with E-state index in [-0.39, 0.29) is 4.90 Å². The maximum atomic E-state index is 13.9. The summed E-state index contributed by atoms with van der Waals surface area (Å²) in [5, 5.41) is 4.48. The van der Waals surface area contributed by atoms with Gasteiger partial charge in [0.2, 0.25) is 0 Å². The van der Waals surface area contributed by atoms with E-state index in [2.05, 4.69) is 21.0 Å². The van der Waals surface area contributed by atoms with Crippen molar-refractivity contribution in [2.24, 2.45) is 5.10 Å². The molecule has 1 atom stereocenters. The van der Waals surface area contributed by atoms with Crippen LogP contribution >= 0.6 is 15.9 Å². The molecule has 0 bridgehead atoms. The molecular weight excluding hydrogens is 455 g/mol. The first-order valence-electron chi connectivity index (χ1n) is 9.04. The molecule has 0 aliphatic carbocycles. The lowest BCUT2D eigenvalue weighted by Gasteiger charge is -2.23. The third-order valence-corrected chi connectivity index (χ3v) is 7.02. The van der Waals surface area contributed by atoms with Gasteiger partial charge in [0.15, 0.2) is 0 Å². The number of halogens is 2. The van der Waals surface area contributed by atoms with E-state index in [1.54, 1.807) is 36.4 Å². The molecule has 3 aromatic carbocycles. The summed E-state index contributed by atoms with van der Waals surface area (Å²) in [7, 11) is -3.91. The van der Waals surface area contributed by atoms with Gasteiger partial charge in [-0.1, -0.05) is 57.9 Å². The Morgan fingerprint density at radius 3 is 2.45 bits per heavy atom. The Hall–Kier alpha value is -2.51. The Bertz CT molecular complexity index is 1190. The Kier molecular flexibility index (Phi) is 5.27. The normalized spacial score (nSPS) is 16.7. The minimum atomic E-state index is -3.91. The molecule has 0 N–H and O–H groups in total. The number of aryl methyl sites for hydroxylation is 1. The minimum absolute atomic E-state index is 0.156. The molecule has 0 spiro atoms. The van der Waals surface area contributed by atoms with Crippen molar-refractivity contribution in [1.29, 1.82) is 0 Å². The van der Waals surface area contributed by atoms with Crippen LogP contribution in [0.1, 0.15) is 29.2 Å². The molecule has 7 heteroatoms. The monoisotopic (exact) mass is 472 g/mol. The van der Waals surface area contributed by atoms with Crippen molar-refractivity contribution < 1.29 is 12.8 Å². The molecular formula is C22H18BrFN2O2S. The number of hydrazone groups is 1. The number of hydrogen-bond donors (Lipinski definition) is 0. The molecule has 0 saturated carbocycles. The van der Waals surface area contributed by atoms with Crippen molar-refractivity contribution in [3.8, 4) is 0 Å². The van der Waals surface area contributed by atoms with Crippen molar-refractivity contribution >= 4 is 31.7 Å². The SMILES string of the molecule is Cc1ccc(S(=O)(=O)N2N=C(c3cccc(Br)c3)C[C@H]2c2cccc(F)c2)cc1. The minimum Gasteiger partial charge on any atom is -0.207 e. The molecule has 4 nitrogen and oxygen atoms in total. The molecule has 1 aliphatic heterocycles. The zero-order chi connectivity index (χ0) is 20.6. The Labute approximate surface area is 177 Å². The second-order valence-corrected chi connectivity index (χ2v) is 9.63. The van der Waals surface area contributed by atoms with Crippen LogP contribution in [0.25, 0.3) is 0 Å². The number of benzene rings is 3. The van der Waals surface area contributed by atoms with Gasteiger partial charge >= 0.3 is 0 Å². The highest BCUT2D eigenvalue weighted by Gasteiger charge is 2.37. The molecule has 0 aromatic heterocycles. The van der Waals surface area contributed by atoms with Gasteiger partial charge < -0.3 is 0 Å². The first-order valence-corrected chi connectivity index (χ1v) is 11.3. The summed E-state index contributed by atoms with van der Waals surface area (Å²) >= 11 is 3.44. The van der Waals surface area contributed by atoms with E-state index in [9.17, 15) is 12.8 Å². The van der Waals surface area contributed by atoms with E-state index in [0.29, 0.717) is 17.7 Å². The maximum absolute atomic E-state index is 13.9. The summed E-state index contributed by atoms with van der Waals surface area (Å²) in [5.41, 5.74) is 2.98. The molecule has 29 heavy (non-hydrogen) atoms. The lowest BCUT2D eigenvalue weighted by Crippen LogP contribution is -2.27. The maximum Gasteiger partial charge on any atom is 0.279 e. The second-order valence-electron chi connectivity index (χ2n) is 6.92. The lowest BCUT2D eigenvalue weighted by atomic mass is 9.99. The highest BCUT2D eigenvalue weighted by Crippen LogP contribution is 2.37. The zero-order valence-corrected chi connectivity index (χ0v) is 18.0. The van der Waals surface area contributed by atoms with Crippen molar-refractivity contribution in [2.45, 2.75) is 24.3 Å². The van der Waals surface area contributed by atoms with Crippen LogP contribution in [0.2, 0.25) is 0 Å². The molecule has 4 rings (SSSR count). The summed E-state index contributed by atoms with van der Waals surface area (Å²) in [5.74, 6) is -0.411. The van der Waals surface area contributed by atoms with Gasteiger partial charge in [0, 0.05) is 10.9 Å². The topological polar surface area (TPSA) is 49.7 Å². The summed E-state index contributed by atoms with van der Waals surface area (Å²) < 4.78 is 42.6. The van der Waals surface area contributed by atoms with E-state index >= 15 is 0 Å². The van der Waals surface area contributed by atoms with E-state index < -0.39 is 21.9 Å². The van der Waals surface area contributed by atoms with Gasteiger partial charge in [0.25, 0.3) is 10.0 Å². The van der Waals surface area contributed by atoms with Crippen LogP contribution in [0, 0.1) is 12.7 Å². The van der Waals surface area contributed by atoms with E-state index in [1.807, 2.05) is 31.2 Å². The van der Waals surface area contributed by atoms with Gasteiger partial charge in [-0.3, -0.25) is 0 Å². The van der Waals surface area contributed by atoms with Crippen LogP contribution in [0.15, 0.2) is 87.3 Å². The van der Waals surface area contributed by atoms with Crippen molar-refractivity contribution in [2.75, 3.05) is 0 Å². The Balaban J connectivity index is 1.82. The van der Waals surface area contributed by atoms with Gasteiger partial charge in [-0.05, 0) is 54.4 Å². The molecule has 0 unspecified atom stereocenters. The molecule has 148 valence electrons. The van der Waals surface area contributed by atoms with Crippen molar-refractivity contribution in [1.82, 2.24) is 4.41 Å². The van der Waals surface area contributed by atoms with Gasteiger partial charge in [-0.15, -0.1) is 0 Å². The van der Waals surface area contributed by atoms with E-state index in [1.165, 1.54) is 12.1 Å². The van der Waals surface area contributed by atoms with Gasteiger partial charge in [0.05, 0.1) is 16.6 Å². The fourth-order valence-electron chi connectivity index (χ4n) is 3.33. The highest BCUT2D eigenvalue weighted by atomic mass is 79.9. The van der Waals surface area contributed by atoms with E-state index in [0.717, 1.165) is 20.0 Å². The quantitative estimate of drug-likeness (QED) is 0.507. The Morgan fingerprint density at radius 1 is 1.03 bits per heavy atom. The van der Waals surface area contributed by atoms with Crippen LogP contribution in [0.3, 0.4) is 0 Å². The first kappa shape index (κ1) is 19.8. The fourth-order valence-corrected chi connectivity index (χ4v) is 5.17. The van der Waals surface area contributed by atoms with Gasteiger partial charge in [0.1, 0.15) is 5.82 Å². The largest absolute Gasteiger partial charge is 0.279 e. The third-order valence-electron chi connectivity index (χ3n) is 4.83. The van der Waals surface area contributed by atoms with Gasteiger partial charge in [-0.2, -0.15) is 17.9 Å². The molecule has 3 aromatic rings. The summed E-state index contributed by atoms with van der Waals surface area (Å²) in [4.78, 5) is 0.156. The second kappa shape index (κ2) is 7.72. The molecule has 0 fully saturated rings.